The number of benzene rings is 6. The predicted molar refractivity (Wildman–Crippen MR) is 299 cm³/mol. The van der Waals surface area contributed by atoms with Crippen molar-refractivity contribution in [3.8, 4) is 0 Å². The second-order valence-electron chi connectivity index (χ2n) is 18.4. The number of rotatable bonds is 12. The van der Waals surface area contributed by atoms with Crippen LogP contribution < -0.4 is 5.32 Å². The summed E-state index contributed by atoms with van der Waals surface area (Å²) in [4.78, 5) is 49.3. The van der Waals surface area contributed by atoms with E-state index in [0.717, 1.165) is 93.5 Å². The fourth-order valence-corrected chi connectivity index (χ4v) is 10.1. The predicted octanol–water partition coefficient (Wildman–Crippen LogP) is 11.6. The summed E-state index contributed by atoms with van der Waals surface area (Å²) in [7, 11) is 1.44. The number of methoxy groups -OCH3 is 1. The molecule has 6 aromatic carbocycles. The lowest BCUT2D eigenvalue weighted by Crippen LogP contribution is -2.36. The smallest absolute Gasteiger partial charge is 0.335 e. The van der Waals surface area contributed by atoms with Gasteiger partial charge in [0.15, 0.2) is 0 Å². The van der Waals surface area contributed by atoms with Gasteiger partial charge in [-0.15, -0.1) is 10.2 Å². The molecule has 15 nitrogen and oxygen atoms in total. The lowest BCUT2D eigenvalue weighted by atomic mass is 9.83. The molecule has 0 radical (unpaired) electrons. The molecule has 4 heterocycles. The number of nitrogens with one attached hydrogen (secondary N) is 1. The summed E-state index contributed by atoms with van der Waals surface area (Å²) < 4.78 is 8.73. The Hall–Kier alpha value is -7.46. The van der Waals surface area contributed by atoms with Crippen molar-refractivity contribution in [2.45, 2.75) is 106 Å². The fourth-order valence-electron chi connectivity index (χ4n) is 9.88. The summed E-state index contributed by atoms with van der Waals surface area (Å²) in [5.74, 6) is -2.46. The molecule has 2 aromatic heterocycles. The maximum atomic E-state index is 13.1. The SMILES string of the molecule is C.C.CCn1nnc2c(C)c(C(CC(=O)O)c3ccc4c(c3)CN(C(=O)c3ccc(Cl)cc3)CC4)ccc21.CCn1nnc2c(C)c(C(CC(=O)OC)c3ccc4c(c3)CNCC4)ccc21.O=C(O)c1ccc(Cl)cc1. The van der Waals surface area contributed by atoms with Gasteiger partial charge < -0.3 is 25.2 Å². The van der Waals surface area contributed by atoms with Gasteiger partial charge >= 0.3 is 17.9 Å². The monoisotopic (exact) mass is 1070 g/mol. The average Bonchev–Trinajstić information content (AvgIpc) is 4.07. The molecule has 0 aliphatic carbocycles. The zero-order valence-corrected chi connectivity index (χ0v) is 43.5. The standard InChI is InChI=1S/C28H27ClN4O3.C22H26N4O2.C7H5ClO2.2CH4/c1-3-33-25-11-10-23(17(2)27(25)30-31-33)24(15-26(34)35)20-5-4-18-12-13-32(16-21(18)14-20)28(36)19-6-8-22(29)9-7-19;1-4-26-20-8-7-18(14(2)22(20)24-25-26)19(12-21(27)28-3)16-6-5-15-9-10-23-13-17(15)11-16;8-6-3-1-5(2-4-6)7(9)10;;/h4-11,14,24H,3,12-13,15-16H2,1-2H3,(H,34,35);5-8,11,19,23H,4,9-10,12-13H2,1-3H3;1-4H,(H,9,10);2*1H4. The molecule has 0 saturated heterocycles. The number of hydrogen-bond acceptors (Lipinski definition) is 10. The highest BCUT2D eigenvalue weighted by molar-refractivity contribution is 6.31. The summed E-state index contributed by atoms with van der Waals surface area (Å²) in [5.41, 5.74) is 15.5. The van der Waals surface area contributed by atoms with Gasteiger partial charge in [0.2, 0.25) is 0 Å². The summed E-state index contributed by atoms with van der Waals surface area (Å²) in [5, 5.41) is 40.0. The largest absolute Gasteiger partial charge is 0.481 e. The zero-order chi connectivity index (χ0) is 52.6. The Bertz CT molecular complexity index is 3360. The number of carbonyl (C=O) groups excluding carboxylic acids is 2. The van der Waals surface area contributed by atoms with Gasteiger partial charge in [-0.05, 0) is 163 Å². The van der Waals surface area contributed by atoms with Crippen LogP contribution in [0, 0.1) is 13.8 Å². The van der Waals surface area contributed by atoms with Crippen molar-refractivity contribution in [3.63, 3.8) is 0 Å². The van der Waals surface area contributed by atoms with E-state index in [4.69, 9.17) is 33.0 Å². The molecule has 2 aliphatic heterocycles. The van der Waals surface area contributed by atoms with Crippen LogP contribution in [0.4, 0.5) is 0 Å². The molecule has 2 atom stereocenters. The summed E-state index contributed by atoms with van der Waals surface area (Å²) in [6.45, 7) is 12.6. The molecule has 8 aromatic rings. The Labute approximate surface area is 453 Å². The van der Waals surface area contributed by atoms with Crippen LogP contribution in [0.2, 0.25) is 10.0 Å². The second-order valence-corrected chi connectivity index (χ2v) is 19.2. The first-order chi connectivity index (χ1) is 35.7. The first-order valence-electron chi connectivity index (χ1n) is 24.6. The van der Waals surface area contributed by atoms with Gasteiger partial charge in [0, 0.05) is 60.2 Å². The molecular weight excluding hydrogens is 1000 g/mol. The molecule has 3 N–H and O–H groups in total. The van der Waals surface area contributed by atoms with Crippen molar-refractivity contribution < 1.29 is 34.1 Å². The third kappa shape index (κ3) is 13.0. The van der Waals surface area contributed by atoms with E-state index in [1.807, 2.05) is 46.3 Å². The Morgan fingerprint density at radius 1 is 0.645 bits per heavy atom. The lowest BCUT2D eigenvalue weighted by molar-refractivity contribution is -0.141. The summed E-state index contributed by atoms with van der Waals surface area (Å²) >= 11 is 11.5. The molecule has 0 bridgehead atoms. The van der Waals surface area contributed by atoms with Gasteiger partial charge in [-0.1, -0.05) is 97.0 Å². The van der Waals surface area contributed by atoms with Gasteiger partial charge in [-0.3, -0.25) is 14.4 Å². The Morgan fingerprint density at radius 2 is 1.14 bits per heavy atom. The van der Waals surface area contributed by atoms with E-state index in [1.54, 1.807) is 36.4 Å². The molecule has 0 saturated carbocycles. The molecule has 398 valence electrons. The Kier molecular flexibility index (Phi) is 19.7. The number of ether oxygens (including phenoxy) is 1. The maximum Gasteiger partial charge on any atom is 0.335 e. The van der Waals surface area contributed by atoms with Crippen LogP contribution >= 0.6 is 23.2 Å². The van der Waals surface area contributed by atoms with Gasteiger partial charge in [0.25, 0.3) is 5.91 Å². The highest BCUT2D eigenvalue weighted by Crippen LogP contribution is 2.37. The minimum absolute atomic E-state index is 0. The highest BCUT2D eigenvalue weighted by Gasteiger charge is 2.27. The molecule has 1 amide bonds. The number of fused-ring (bicyclic) bond motifs is 4. The first kappa shape index (κ1) is 57.8. The molecule has 0 fully saturated rings. The number of carboxylic acids is 2. The van der Waals surface area contributed by atoms with Crippen molar-refractivity contribution in [1.82, 2.24) is 40.2 Å². The lowest BCUT2D eigenvalue weighted by Gasteiger charge is -2.30. The normalized spacial score (nSPS) is 13.3. The van der Waals surface area contributed by atoms with E-state index in [-0.39, 0.29) is 50.5 Å². The molecule has 2 unspecified atom stereocenters. The van der Waals surface area contributed by atoms with Crippen LogP contribution in [0.1, 0.15) is 130 Å². The molecule has 76 heavy (non-hydrogen) atoms. The zero-order valence-electron chi connectivity index (χ0n) is 41.9. The van der Waals surface area contributed by atoms with Crippen LogP contribution in [-0.2, 0) is 53.3 Å². The van der Waals surface area contributed by atoms with E-state index < -0.39 is 11.9 Å². The third-order valence-electron chi connectivity index (χ3n) is 13.9. The number of carbonyl (C=O) groups is 4. The second kappa shape index (κ2) is 25.9. The van der Waals surface area contributed by atoms with Crippen molar-refractivity contribution in [2.75, 3.05) is 20.2 Å². The van der Waals surface area contributed by atoms with Crippen LogP contribution in [0.5, 0.6) is 0 Å². The van der Waals surface area contributed by atoms with E-state index in [0.29, 0.717) is 41.7 Å². The van der Waals surface area contributed by atoms with Gasteiger partial charge in [-0.2, -0.15) is 0 Å². The van der Waals surface area contributed by atoms with Gasteiger partial charge in [0.05, 0.1) is 36.5 Å². The number of aryl methyl sites for hydroxylation is 4. The van der Waals surface area contributed by atoms with E-state index >= 15 is 0 Å². The van der Waals surface area contributed by atoms with Crippen molar-refractivity contribution in [2.24, 2.45) is 0 Å². The third-order valence-corrected chi connectivity index (χ3v) is 14.4. The van der Waals surface area contributed by atoms with Crippen molar-refractivity contribution >= 4 is 69.1 Å². The van der Waals surface area contributed by atoms with Gasteiger partial charge in [-0.25, -0.2) is 14.2 Å². The average molecular weight is 1070 g/mol. The number of aromatic nitrogens is 6. The summed E-state index contributed by atoms with van der Waals surface area (Å²) in [6, 6.07) is 33.9. The number of esters is 1. The number of aliphatic carboxylic acids is 1. The number of carboxylic acid groups (broad SMARTS) is 2. The molecule has 2 aliphatic rings. The van der Waals surface area contributed by atoms with E-state index in [1.165, 1.54) is 35.9 Å². The molecule has 0 spiro atoms. The number of aromatic carboxylic acids is 1. The first-order valence-corrected chi connectivity index (χ1v) is 25.3. The van der Waals surface area contributed by atoms with Crippen LogP contribution in [-0.4, -0.2) is 89.1 Å². The minimum atomic E-state index is -0.934. The van der Waals surface area contributed by atoms with Crippen molar-refractivity contribution in [3.05, 3.63) is 186 Å². The quantitative estimate of drug-likeness (QED) is 0.0981. The topological polar surface area (TPSA) is 195 Å². The van der Waals surface area contributed by atoms with Crippen LogP contribution in [0.25, 0.3) is 22.1 Å². The number of amides is 1. The van der Waals surface area contributed by atoms with Gasteiger partial charge in [0.1, 0.15) is 11.0 Å². The molecular formula is C59H66Cl2N8O7. The number of hydrogen-bond donors (Lipinski definition) is 3. The van der Waals surface area contributed by atoms with Crippen LogP contribution in [0.15, 0.2) is 109 Å². The van der Waals surface area contributed by atoms with Crippen molar-refractivity contribution in [1.29, 1.82) is 0 Å². The highest BCUT2D eigenvalue weighted by atomic mass is 35.5. The van der Waals surface area contributed by atoms with E-state index in [2.05, 4.69) is 82.3 Å². The maximum absolute atomic E-state index is 13.1. The fraction of sp³-hybridized carbons (Fsp3) is 0.322. The van der Waals surface area contributed by atoms with E-state index in [9.17, 15) is 24.3 Å². The van der Waals surface area contributed by atoms with Crippen LogP contribution in [0.3, 0.4) is 0 Å². The summed E-state index contributed by atoms with van der Waals surface area (Å²) in [6.07, 6.45) is 2.06. The number of halogens is 2. The minimum Gasteiger partial charge on any atom is -0.481 e. The molecule has 17 heteroatoms. The Balaban J connectivity index is 0.000000208. The number of nitrogens with zero attached hydrogens (tertiary/aromatic N) is 7. The molecule has 10 rings (SSSR count). The Morgan fingerprint density at radius 3 is 1.64 bits per heavy atom.